The number of aromatic nitrogens is 4. The van der Waals surface area contributed by atoms with E-state index in [1.165, 1.54) is 17.8 Å². The van der Waals surface area contributed by atoms with Gasteiger partial charge in [-0.3, -0.25) is 0 Å². The van der Waals surface area contributed by atoms with Crippen LogP contribution in [0.4, 0.5) is 4.39 Å². The predicted octanol–water partition coefficient (Wildman–Crippen LogP) is 1.69. The molecule has 1 atom stereocenters. The minimum Gasteiger partial charge on any atom is -0.241 e. The third-order valence-electron chi connectivity index (χ3n) is 1.82. The fourth-order valence-corrected chi connectivity index (χ4v) is 1.18. The van der Waals surface area contributed by atoms with Crippen LogP contribution >= 0.6 is 0 Å². The number of hydrogen-bond acceptors (Lipinski definition) is 3. The van der Waals surface area contributed by atoms with Crippen LogP contribution in [0.1, 0.15) is 18.8 Å². The molecule has 0 N–H and O–H groups in total. The molecule has 72 valence electrons. The Kier molecular flexibility index (Phi) is 2.22. The summed E-state index contributed by atoms with van der Waals surface area (Å²) >= 11 is 0. The molecule has 0 saturated carbocycles. The van der Waals surface area contributed by atoms with Crippen molar-refractivity contribution in [3.05, 3.63) is 36.4 Å². The molecule has 0 saturated heterocycles. The number of alkyl halides is 1. The van der Waals surface area contributed by atoms with Crippen LogP contribution in [0, 0.1) is 0 Å². The summed E-state index contributed by atoms with van der Waals surface area (Å²) in [5.41, 5.74) is 0.455. The molecule has 0 amide bonds. The van der Waals surface area contributed by atoms with Crippen molar-refractivity contribution in [1.82, 2.24) is 19.7 Å². The number of rotatable bonds is 2. The molecule has 14 heavy (non-hydrogen) atoms. The van der Waals surface area contributed by atoms with Gasteiger partial charge >= 0.3 is 0 Å². The molecule has 4 nitrogen and oxygen atoms in total. The van der Waals surface area contributed by atoms with Gasteiger partial charge in [-0.15, -0.1) is 0 Å². The second-order valence-electron chi connectivity index (χ2n) is 2.83. The van der Waals surface area contributed by atoms with Crippen molar-refractivity contribution >= 4 is 0 Å². The molecule has 2 heterocycles. The average molecular weight is 192 g/mol. The van der Waals surface area contributed by atoms with Crippen molar-refractivity contribution in [2.45, 2.75) is 13.1 Å². The van der Waals surface area contributed by atoms with Gasteiger partial charge in [-0.2, -0.15) is 9.78 Å². The summed E-state index contributed by atoms with van der Waals surface area (Å²) < 4.78 is 14.5. The van der Waals surface area contributed by atoms with Crippen LogP contribution in [0.15, 0.2) is 30.7 Å². The van der Waals surface area contributed by atoms with Gasteiger partial charge in [0.15, 0.2) is 0 Å². The largest absolute Gasteiger partial charge is 0.250 e. The molecule has 0 aliphatic rings. The van der Waals surface area contributed by atoms with Gasteiger partial charge in [0.2, 0.25) is 0 Å². The van der Waals surface area contributed by atoms with Crippen molar-refractivity contribution in [3.63, 3.8) is 0 Å². The molecule has 2 aromatic heterocycles. The SMILES string of the molecule is CC(F)c1ccnn1-c1ncccn1. The highest BCUT2D eigenvalue weighted by Gasteiger charge is 2.12. The first-order valence-corrected chi connectivity index (χ1v) is 4.24. The van der Waals surface area contributed by atoms with Gasteiger partial charge in [-0.05, 0) is 19.1 Å². The Bertz CT molecular complexity index is 410. The fourth-order valence-electron chi connectivity index (χ4n) is 1.18. The Balaban J connectivity index is 2.47. The van der Waals surface area contributed by atoms with E-state index in [1.807, 2.05) is 0 Å². The Morgan fingerprint density at radius 2 is 2.00 bits per heavy atom. The van der Waals surface area contributed by atoms with Gasteiger partial charge in [-0.25, -0.2) is 14.4 Å². The van der Waals surface area contributed by atoms with Crippen LogP contribution in [0.2, 0.25) is 0 Å². The highest BCUT2D eigenvalue weighted by Crippen LogP contribution is 2.17. The molecule has 0 radical (unpaired) electrons. The molecule has 0 bridgehead atoms. The van der Waals surface area contributed by atoms with Gasteiger partial charge in [-0.1, -0.05) is 0 Å². The summed E-state index contributed by atoms with van der Waals surface area (Å²) in [7, 11) is 0. The lowest BCUT2D eigenvalue weighted by Crippen LogP contribution is -2.06. The zero-order valence-corrected chi connectivity index (χ0v) is 7.63. The van der Waals surface area contributed by atoms with E-state index in [9.17, 15) is 4.39 Å². The van der Waals surface area contributed by atoms with Crippen molar-refractivity contribution < 1.29 is 4.39 Å². The lowest BCUT2D eigenvalue weighted by molar-refractivity contribution is 0.357. The molecule has 2 rings (SSSR count). The van der Waals surface area contributed by atoms with Crippen molar-refractivity contribution in [2.24, 2.45) is 0 Å². The number of halogens is 1. The number of hydrogen-bond donors (Lipinski definition) is 0. The minimum atomic E-state index is -1.08. The van der Waals surface area contributed by atoms with Gasteiger partial charge in [0.25, 0.3) is 5.95 Å². The second kappa shape index (κ2) is 3.53. The first-order chi connectivity index (χ1) is 6.79. The third-order valence-corrected chi connectivity index (χ3v) is 1.82. The summed E-state index contributed by atoms with van der Waals surface area (Å²) in [6.07, 6.45) is 3.64. The van der Waals surface area contributed by atoms with E-state index in [0.717, 1.165) is 0 Å². The maximum atomic E-state index is 13.1. The van der Waals surface area contributed by atoms with Crippen LogP contribution in [0.25, 0.3) is 5.95 Å². The Morgan fingerprint density at radius 1 is 1.29 bits per heavy atom. The van der Waals surface area contributed by atoms with Crippen LogP contribution < -0.4 is 0 Å². The quantitative estimate of drug-likeness (QED) is 0.727. The molecule has 0 aliphatic heterocycles. The molecule has 1 unspecified atom stereocenters. The Morgan fingerprint density at radius 3 is 2.64 bits per heavy atom. The fraction of sp³-hybridized carbons (Fsp3) is 0.222. The molecule has 0 aliphatic carbocycles. The number of nitrogens with zero attached hydrogens (tertiary/aromatic N) is 4. The van der Waals surface area contributed by atoms with Crippen LogP contribution in [-0.4, -0.2) is 19.7 Å². The van der Waals surface area contributed by atoms with Gasteiger partial charge in [0.05, 0.1) is 5.69 Å². The average Bonchev–Trinajstić information content (AvgIpc) is 2.67. The van der Waals surface area contributed by atoms with Crippen LogP contribution in [0.5, 0.6) is 0 Å². The second-order valence-corrected chi connectivity index (χ2v) is 2.83. The van der Waals surface area contributed by atoms with Crippen molar-refractivity contribution in [1.29, 1.82) is 0 Å². The zero-order valence-electron chi connectivity index (χ0n) is 7.63. The van der Waals surface area contributed by atoms with Crippen LogP contribution in [0.3, 0.4) is 0 Å². The highest BCUT2D eigenvalue weighted by atomic mass is 19.1. The standard InChI is InChI=1S/C9H9FN4/c1-7(10)8-3-6-13-14(8)9-11-4-2-5-12-9/h2-7H,1H3. The maximum Gasteiger partial charge on any atom is 0.250 e. The molecule has 0 spiro atoms. The summed E-state index contributed by atoms with van der Waals surface area (Å²) in [6.45, 7) is 1.45. The summed E-state index contributed by atoms with van der Waals surface area (Å²) in [6, 6.07) is 3.31. The zero-order chi connectivity index (χ0) is 9.97. The molecule has 0 aromatic carbocycles. The highest BCUT2D eigenvalue weighted by molar-refractivity contribution is 5.16. The molecule has 5 heteroatoms. The normalized spacial score (nSPS) is 12.7. The van der Waals surface area contributed by atoms with Gasteiger partial charge < -0.3 is 0 Å². The van der Waals surface area contributed by atoms with Gasteiger partial charge in [0.1, 0.15) is 6.17 Å². The molecular formula is C9H9FN4. The smallest absolute Gasteiger partial charge is 0.241 e. The van der Waals surface area contributed by atoms with E-state index in [1.54, 1.807) is 24.5 Å². The first kappa shape index (κ1) is 8.80. The van der Waals surface area contributed by atoms with Crippen molar-refractivity contribution in [3.8, 4) is 5.95 Å². The predicted molar refractivity (Wildman–Crippen MR) is 48.7 cm³/mol. The summed E-state index contributed by atoms with van der Waals surface area (Å²) in [5.74, 6) is 0.386. The summed E-state index contributed by atoms with van der Waals surface area (Å²) in [4.78, 5) is 7.97. The Labute approximate surface area is 80.4 Å². The maximum absolute atomic E-state index is 13.1. The lowest BCUT2D eigenvalue weighted by Gasteiger charge is -2.04. The topological polar surface area (TPSA) is 43.6 Å². The van der Waals surface area contributed by atoms with Crippen LogP contribution in [-0.2, 0) is 0 Å². The molecule has 2 aromatic rings. The van der Waals surface area contributed by atoms with E-state index in [4.69, 9.17) is 0 Å². The summed E-state index contributed by atoms with van der Waals surface area (Å²) in [5, 5.41) is 3.96. The van der Waals surface area contributed by atoms with E-state index in [0.29, 0.717) is 11.6 Å². The Hall–Kier alpha value is -1.78. The monoisotopic (exact) mass is 192 g/mol. The lowest BCUT2D eigenvalue weighted by atomic mass is 10.3. The molecule has 0 fully saturated rings. The van der Waals surface area contributed by atoms with Crippen molar-refractivity contribution in [2.75, 3.05) is 0 Å². The molecular weight excluding hydrogens is 183 g/mol. The van der Waals surface area contributed by atoms with E-state index >= 15 is 0 Å². The minimum absolute atomic E-state index is 0.386. The third kappa shape index (κ3) is 1.48. The first-order valence-electron chi connectivity index (χ1n) is 4.24. The van der Waals surface area contributed by atoms with E-state index in [2.05, 4.69) is 15.1 Å². The van der Waals surface area contributed by atoms with E-state index in [-0.39, 0.29) is 0 Å². The van der Waals surface area contributed by atoms with Gasteiger partial charge in [0, 0.05) is 18.6 Å². The van der Waals surface area contributed by atoms with E-state index < -0.39 is 6.17 Å².